The van der Waals surface area contributed by atoms with E-state index < -0.39 is 0 Å². The minimum absolute atomic E-state index is 0.0260. The summed E-state index contributed by atoms with van der Waals surface area (Å²) in [6.45, 7) is 8.25. The van der Waals surface area contributed by atoms with Gasteiger partial charge in [-0.25, -0.2) is 0 Å². The number of allylic oxidation sites excluding steroid dienone is 5. The van der Waals surface area contributed by atoms with Crippen LogP contribution in [0, 0.1) is 10.8 Å². The van der Waals surface area contributed by atoms with Crippen molar-refractivity contribution in [1.82, 2.24) is 5.32 Å². The number of rotatable bonds is 0. The highest BCUT2D eigenvalue weighted by molar-refractivity contribution is 5.96. The van der Waals surface area contributed by atoms with Crippen molar-refractivity contribution in [3.8, 4) is 0 Å². The summed E-state index contributed by atoms with van der Waals surface area (Å²) in [5.41, 5.74) is 4.23. The fourth-order valence-corrected chi connectivity index (χ4v) is 3.52. The average molecular weight is 379 g/mol. The van der Waals surface area contributed by atoms with Crippen LogP contribution in [-0.2, 0) is 16.0 Å². The van der Waals surface area contributed by atoms with Crippen molar-refractivity contribution >= 4 is 17.5 Å². The summed E-state index contributed by atoms with van der Waals surface area (Å²) in [5, 5.41) is 5.90. The van der Waals surface area contributed by atoms with Crippen LogP contribution in [0.25, 0.3) is 0 Å². The van der Waals surface area contributed by atoms with Gasteiger partial charge in [-0.15, -0.1) is 0 Å². The third-order valence-electron chi connectivity index (χ3n) is 5.48. The van der Waals surface area contributed by atoms with E-state index in [1.54, 1.807) is 0 Å². The molecule has 2 amide bonds. The molecule has 4 nitrogen and oxygen atoms in total. The molecule has 28 heavy (non-hydrogen) atoms. The lowest BCUT2D eigenvalue weighted by molar-refractivity contribution is -0.124. The Morgan fingerprint density at radius 3 is 2.46 bits per heavy atom. The minimum atomic E-state index is -0.251. The van der Waals surface area contributed by atoms with E-state index in [1.165, 1.54) is 11.1 Å². The average Bonchev–Trinajstić information content (AvgIpc) is 2.84. The molecule has 0 bridgehead atoms. The van der Waals surface area contributed by atoms with E-state index in [9.17, 15) is 9.59 Å². The lowest BCUT2D eigenvalue weighted by atomic mass is 9.87. The second-order valence-corrected chi connectivity index (χ2v) is 8.97. The smallest absolute Gasteiger partial charge is 0.230 e. The second kappa shape index (κ2) is 7.78. The number of benzene rings is 1. The van der Waals surface area contributed by atoms with E-state index in [2.05, 4.69) is 54.9 Å². The van der Waals surface area contributed by atoms with Crippen molar-refractivity contribution in [2.45, 2.75) is 53.4 Å². The molecular weight excluding hydrogens is 348 g/mol. The second-order valence-electron chi connectivity index (χ2n) is 8.97. The summed E-state index contributed by atoms with van der Waals surface area (Å²) in [5.74, 6) is 0.258. The molecule has 1 saturated heterocycles. The number of fused-ring (bicyclic) bond motifs is 2. The summed E-state index contributed by atoms with van der Waals surface area (Å²) >= 11 is 0. The zero-order valence-electron chi connectivity index (χ0n) is 17.3. The highest BCUT2D eigenvalue weighted by Crippen LogP contribution is 2.31. The molecule has 2 heterocycles. The van der Waals surface area contributed by atoms with E-state index in [4.69, 9.17) is 0 Å². The van der Waals surface area contributed by atoms with Crippen molar-refractivity contribution in [3.05, 3.63) is 65.4 Å². The van der Waals surface area contributed by atoms with Crippen LogP contribution >= 0.6 is 0 Å². The van der Waals surface area contributed by atoms with Crippen LogP contribution < -0.4 is 10.6 Å². The van der Waals surface area contributed by atoms with Crippen molar-refractivity contribution in [1.29, 1.82) is 0 Å². The summed E-state index contributed by atoms with van der Waals surface area (Å²) in [6, 6.07) is 8.02. The molecule has 0 unspecified atom stereocenters. The topological polar surface area (TPSA) is 58.2 Å². The van der Waals surface area contributed by atoms with Crippen LogP contribution in [0.3, 0.4) is 0 Å². The summed E-state index contributed by atoms with van der Waals surface area (Å²) in [4.78, 5) is 23.0. The van der Waals surface area contributed by atoms with E-state index in [0.717, 1.165) is 30.6 Å². The van der Waals surface area contributed by atoms with E-state index in [0.29, 0.717) is 6.42 Å². The fraction of sp³-hybridized carbons (Fsp3) is 0.417. The first kappa shape index (κ1) is 20.1. The molecule has 0 aromatic heterocycles. The van der Waals surface area contributed by atoms with E-state index >= 15 is 0 Å². The number of aryl methyl sites for hydroxylation is 1. The number of nitrogens with one attached hydrogen (secondary N) is 2. The fourth-order valence-electron chi connectivity index (χ4n) is 3.52. The Balaban J connectivity index is 0.000000161. The van der Waals surface area contributed by atoms with Gasteiger partial charge in [0.2, 0.25) is 11.8 Å². The zero-order chi connectivity index (χ0) is 20.4. The molecular formula is C24H30N2O2. The molecule has 0 atom stereocenters. The maximum atomic E-state index is 11.8. The summed E-state index contributed by atoms with van der Waals surface area (Å²) in [7, 11) is 0. The summed E-state index contributed by atoms with van der Waals surface area (Å²) in [6.07, 6.45) is 11.8. The van der Waals surface area contributed by atoms with Gasteiger partial charge in [-0.2, -0.15) is 0 Å². The standard InChI is InChI=1S/2C12H15NO/c1-12(2)7-3-4-9-5-6-11(14)13-10(9)8-12;1-12(2)8-7-9-5-3-4-6-10(9)13-11(12)14/h3-4,7-8H,5-6H2,1-2H3,(H,13,14);3-6H,7-8H2,1-2H3,(H,13,14). The molecule has 2 aliphatic heterocycles. The van der Waals surface area contributed by atoms with Gasteiger partial charge in [-0.3, -0.25) is 9.59 Å². The Morgan fingerprint density at radius 2 is 1.68 bits per heavy atom. The number of carbonyl (C=O) groups is 2. The van der Waals surface area contributed by atoms with Gasteiger partial charge < -0.3 is 10.6 Å². The summed E-state index contributed by atoms with van der Waals surface area (Å²) < 4.78 is 0. The molecule has 2 N–H and O–H groups in total. The van der Waals surface area contributed by atoms with Crippen LogP contribution in [-0.4, -0.2) is 11.8 Å². The van der Waals surface area contributed by atoms with Crippen LogP contribution in [0.5, 0.6) is 0 Å². The SMILES string of the molecule is CC1(C)C=CC=C2CCC(=O)NC2=C1.CC1(C)CCc2ccccc2NC1=O. The van der Waals surface area contributed by atoms with Crippen LogP contribution in [0.15, 0.2) is 59.8 Å². The Bertz CT molecular complexity index is 872. The monoisotopic (exact) mass is 378 g/mol. The van der Waals surface area contributed by atoms with Gasteiger partial charge in [-0.05, 0) is 36.5 Å². The molecule has 1 aromatic carbocycles. The molecule has 3 aliphatic rings. The third-order valence-corrected chi connectivity index (χ3v) is 5.48. The van der Waals surface area contributed by atoms with Crippen molar-refractivity contribution in [2.75, 3.05) is 5.32 Å². The molecule has 0 radical (unpaired) electrons. The van der Waals surface area contributed by atoms with Gasteiger partial charge >= 0.3 is 0 Å². The first-order chi connectivity index (χ1) is 13.2. The maximum absolute atomic E-state index is 11.8. The molecule has 0 spiro atoms. The van der Waals surface area contributed by atoms with Gasteiger partial charge in [0.1, 0.15) is 0 Å². The Morgan fingerprint density at radius 1 is 0.929 bits per heavy atom. The van der Waals surface area contributed by atoms with E-state index in [-0.39, 0.29) is 22.6 Å². The van der Waals surface area contributed by atoms with Crippen molar-refractivity contribution < 1.29 is 9.59 Å². The highest BCUT2D eigenvalue weighted by atomic mass is 16.2. The van der Waals surface area contributed by atoms with Gasteiger partial charge in [-0.1, -0.05) is 70.2 Å². The van der Waals surface area contributed by atoms with Crippen LogP contribution in [0.4, 0.5) is 5.69 Å². The predicted molar refractivity (Wildman–Crippen MR) is 114 cm³/mol. The van der Waals surface area contributed by atoms with Crippen LogP contribution in [0.2, 0.25) is 0 Å². The number of para-hydroxylation sites is 1. The predicted octanol–water partition coefficient (Wildman–Crippen LogP) is 4.90. The van der Waals surface area contributed by atoms with Crippen LogP contribution in [0.1, 0.15) is 52.5 Å². The molecule has 1 aliphatic carbocycles. The first-order valence-corrected chi connectivity index (χ1v) is 9.97. The normalized spacial score (nSPS) is 21.9. The molecule has 0 saturated carbocycles. The molecule has 4 heteroatoms. The minimum Gasteiger partial charge on any atom is -0.326 e. The van der Waals surface area contributed by atoms with E-state index in [1.807, 2.05) is 32.0 Å². The number of anilines is 1. The molecule has 1 fully saturated rings. The first-order valence-electron chi connectivity index (χ1n) is 9.97. The van der Waals surface area contributed by atoms with Gasteiger partial charge in [0.15, 0.2) is 0 Å². The number of carbonyl (C=O) groups excluding carboxylic acids is 2. The van der Waals surface area contributed by atoms with Crippen molar-refractivity contribution in [3.63, 3.8) is 0 Å². The van der Waals surface area contributed by atoms with Gasteiger partial charge in [0.25, 0.3) is 0 Å². The quantitative estimate of drug-likeness (QED) is 0.674. The Hall–Kier alpha value is -2.62. The maximum Gasteiger partial charge on any atom is 0.230 e. The number of hydrogen-bond donors (Lipinski definition) is 2. The third kappa shape index (κ3) is 4.80. The number of piperidine rings is 1. The lowest BCUT2D eigenvalue weighted by Crippen LogP contribution is -2.29. The Kier molecular flexibility index (Phi) is 5.59. The highest BCUT2D eigenvalue weighted by Gasteiger charge is 2.30. The number of hydrogen-bond acceptors (Lipinski definition) is 2. The zero-order valence-corrected chi connectivity index (χ0v) is 17.3. The van der Waals surface area contributed by atoms with Gasteiger partial charge in [0.05, 0.1) is 0 Å². The number of amides is 2. The van der Waals surface area contributed by atoms with Gasteiger partial charge in [0, 0.05) is 28.6 Å². The largest absolute Gasteiger partial charge is 0.326 e. The molecule has 148 valence electrons. The Labute approximate surface area is 167 Å². The molecule has 1 aromatic rings. The van der Waals surface area contributed by atoms with Crippen molar-refractivity contribution in [2.24, 2.45) is 10.8 Å². The molecule has 4 rings (SSSR count). The lowest BCUT2D eigenvalue weighted by Gasteiger charge is -2.21.